The average Bonchev–Trinajstić information content (AvgIpc) is 3.05. The van der Waals surface area contributed by atoms with Crippen molar-refractivity contribution in [2.24, 2.45) is 7.05 Å². The first-order chi connectivity index (χ1) is 12.6. The summed E-state index contributed by atoms with van der Waals surface area (Å²) >= 11 is 0. The second kappa shape index (κ2) is 7.15. The van der Waals surface area contributed by atoms with Crippen molar-refractivity contribution in [1.29, 1.82) is 0 Å². The van der Waals surface area contributed by atoms with Crippen LogP contribution in [0, 0.1) is 0 Å². The minimum Gasteiger partial charge on any atom is -0.302 e. The van der Waals surface area contributed by atoms with Gasteiger partial charge in [0.05, 0.1) is 12.2 Å². The maximum atomic E-state index is 12.5. The highest BCUT2D eigenvalue weighted by molar-refractivity contribution is 5.20. The minimum atomic E-state index is -0.239. The molecule has 0 radical (unpaired) electrons. The fourth-order valence-corrected chi connectivity index (χ4v) is 4.12. The van der Waals surface area contributed by atoms with E-state index in [9.17, 15) is 9.59 Å². The van der Waals surface area contributed by atoms with Gasteiger partial charge >= 0.3 is 5.69 Å². The zero-order chi connectivity index (χ0) is 18.1. The number of fused-ring (bicyclic) bond motifs is 1. The molecule has 0 N–H and O–H groups in total. The molecule has 4 rings (SSSR count). The van der Waals surface area contributed by atoms with Gasteiger partial charge in [0.15, 0.2) is 0 Å². The third-order valence-corrected chi connectivity index (χ3v) is 5.54. The lowest BCUT2D eigenvalue weighted by Gasteiger charge is -2.25. The number of aryl methyl sites for hydroxylation is 3. The molecule has 0 bridgehead atoms. The molecule has 26 heavy (non-hydrogen) atoms. The Hall–Kier alpha value is -2.28. The van der Waals surface area contributed by atoms with E-state index in [2.05, 4.69) is 15.0 Å². The average molecular weight is 355 g/mol. The first-order valence-electron chi connectivity index (χ1n) is 9.46. The number of rotatable bonds is 4. The minimum absolute atomic E-state index is 0.0151. The van der Waals surface area contributed by atoms with Crippen LogP contribution in [-0.4, -0.2) is 36.8 Å². The highest BCUT2D eigenvalue weighted by Gasteiger charge is 2.26. The molecule has 0 aromatic carbocycles. The summed E-state index contributed by atoms with van der Waals surface area (Å²) in [5.41, 5.74) is 3.03. The largest absolute Gasteiger partial charge is 0.347 e. The molecule has 1 aliphatic carbocycles. The summed E-state index contributed by atoms with van der Waals surface area (Å²) in [5.74, 6) is 0. The molecule has 1 unspecified atom stereocenters. The number of likely N-dealkylation sites (tertiary alicyclic amines) is 1. The summed E-state index contributed by atoms with van der Waals surface area (Å²) in [7, 11) is 1.72. The van der Waals surface area contributed by atoms with E-state index in [4.69, 9.17) is 0 Å². The third kappa shape index (κ3) is 3.49. The molecule has 1 fully saturated rings. The Bertz CT molecular complexity index is 917. The molecule has 1 atom stereocenters. The zero-order valence-electron chi connectivity index (χ0n) is 15.2. The summed E-state index contributed by atoms with van der Waals surface area (Å²) < 4.78 is 3.17. The van der Waals surface area contributed by atoms with E-state index in [1.807, 2.05) is 6.20 Å². The maximum Gasteiger partial charge on any atom is 0.347 e. The molecule has 0 saturated carbocycles. The predicted octanol–water partition coefficient (Wildman–Crippen LogP) is 0.880. The van der Waals surface area contributed by atoms with Gasteiger partial charge < -0.3 is 4.57 Å². The van der Waals surface area contributed by atoms with Crippen molar-refractivity contribution >= 4 is 0 Å². The molecule has 138 valence electrons. The van der Waals surface area contributed by atoms with Crippen LogP contribution < -0.4 is 11.2 Å². The maximum absolute atomic E-state index is 12.5. The van der Waals surface area contributed by atoms with Crippen molar-refractivity contribution < 1.29 is 0 Å². The lowest BCUT2D eigenvalue weighted by molar-refractivity contribution is 0.215. The topological polar surface area (TPSA) is 73.0 Å². The van der Waals surface area contributed by atoms with Crippen LogP contribution in [0.5, 0.6) is 0 Å². The molecule has 3 heterocycles. The standard InChI is InChI=1S/C19H25N5O2/c1-22-11-14(10-20-19(22)26)12-23-8-4-6-16(23)13-24-18(25)9-15-5-2-3-7-17(15)21-24/h9-11,16H,2-8,12-13H2,1H3. The van der Waals surface area contributed by atoms with Gasteiger partial charge in [-0.15, -0.1) is 0 Å². The predicted molar refractivity (Wildman–Crippen MR) is 98.0 cm³/mol. The number of hydrogen-bond donors (Lipinski definition) is 0. The van der Waals surface area contributed by atoms with E-state index in [1.54, 1.807) is 24.0 Å². The number of hydrogen-bond acceptors (Lipinski definition) is 5. The van der Waals surface area contributed by atoms with Gasteiger partial charge in [-0.2, -0.15) is 5.10 Å². The first kappa shape index (κ1) is 17.1. The first-order valence-corrected chi connectivity index (χ1v) is 9.46. The van der Waals surface area contributed by atoms with Crippen LogP contribution in [0.3, 0.4) is 0 Å². The van der Waals surface area contributed by atoms with Gasteiger partial charge in [0, 0.05) is 43.7 Å². The van der Waals surface area contributed by atoms with E-state index in [0.29, 0.717) is 12.6 Å². The third-order valence-electron chi connectivity index (χ3n) is 5.54. The summed E-state index contributed by atoms with van der Waals surface area (Å²) in [6.45, 7) is 2.37. The van der Waals surface area contributed by atoms with Crippen molar-refractivity contribution in [3.8, 4) is 0 Å². The van der Waals surface area contributed by atoms with Crippen molar-refractivity contribution in [3.05, 3.63) is 56.1 Å². The lowest BCUT2D eigenvalue weighted by Crippen LogP contribution is -2.37. The Morgan fingerprint density at radius 1 is 1.19 bits per heavy atom. The molecule has 2 aromatic heterocycles. The van der Waals surface area contributed by atoms with E-state index in [-0.39, 0.29) is 11.2 Å². The second-order valence-corrected chi connectivity index (χ2v) is 7.47. The molecule has 0 amide bonds. The number of aromatic nitrogens is 4. The fourth-order valence-electron chi connectivity index (χ4n) is 4.12. The van der Waals surface area contributed by atoms with Gasteiger partial charge in [0.1, 0.15) is 0 Å². The highest BCUT2D eigenvalue weighted by atomic mass is 16.1. The van der Waals surface area contributed by atoms with E-state index in [0.717, 1.165) is 68.4 Å². The zero-order valence-corrected chi connectivity index (χ0v) is 15.2. The van der Waals surface area contributed by atoms with Crippen LogP contribution in [0.15, 0.2) is 28.0 Å². The van der Waals surface area contributed by atoms with Crippen LogP contribution in [-0.2, 0) is 33.0 Å². The van der Waals surface area contributed by atoms with E-state index in [1.165, 1.54) is 4.57 Å². The molecular weight excluding hydrogens is 330 g/mol. The number of nitrogens with zero attached hydrogens (tertiary/aromatic N) is 5. The Morgan fingerprint density at radius 2 is 2.04 bits per heavy atom. The fraction of sp³-hybridized carbons (Fsp3) is 0.579. The summed E-state index contributed by atoms with van der Waals surface area (Å²) in [4.78, 5) is 30.2. The van der Waals surface area contributed by atoms with Crippen LogP contribution in [0.2, 0.25) is 0 Å². The summed E-state index contributed by atoms with van der Waals surface area (Å²) in [5, 5.41) is 4.66. The van der Waals surface area contributed by atoms with Crippen LogP contribution >= 0.6 is 0 Å². The van der Waals surface area contributed by atoms with Crippen molar-refractivity contribution in [2.75, 3.05) is 6.54 Å². The highest BCUT2D eigenvalue weighted by Crippen LogP contribution is 2.21. The van der Waals surface area contributed by atoms with Gasteiger partial charge in [-0.1, -0.05) is 0 Å². The van der Waals surface area contributed by atoms with Gasteiger partial charge in [0.2, 0.25) is 0 Å². The molecule has 0 spiro atoms. The molecule has 2 aliphatic rings. The summed E-state index contributed by atoms with van der Waals surface area (Å²) in [6.07, 6.45) is 9.94. The Balaban J connectivity index is 1.51. The SMILES string of the molecule is Cn1cc(CN2CCCC2Cn2nc3c(cc2=O)CCCC3)cnc1=O. The Kier molecular flexibility index (Phi) is 4.72. The normalized spacial score (nSPS) is 20.3. The molecule has 1 saturated heterocycles. The van der Waals surface area contributed by atoms with Crippen molar-refractivity contribution in [1.82, 2.24) is 24.2 Å². The monoisotopic (exact) mass is 355 g/mol. The van der Waals surface area contributed by atoms with Gasteiger partial charge in [-0.3, -0.25) is 9.69 Å². The van der Waals surface area contributed by atoms with Crippen molar-refractivity contribution in [3.63, 3.8) is 0 Å². The quantitative estimate of drug-likeness (QED) is 0.814. The smallest absolute Gasteiger partial charge is 0.302 e. The lowest BCUT2D eigenvalue weighted by atomic mass is 9.97. The molecule has 7 heteroatoms. The van der Waals surface area contributed by atoms with Gasteiger partial charge in [-0.25, -0.2) is 14.5 Å². The molecule has 1 aliphatic heterocycles. The van der Waals surface area contributed by atoms with E-state index >= 15 is 0 Å². The summed E-state index contributed by atoms with van der Waals surface area (Å²) in [6, 6.07) is 2.08. The Morgan fingerprint density at radius 3 is 2.88 bits per heavy atom. The van der Waals surface area contributed by atoms with Gasteiger partial charge in [0.25, 0.3) is 5.56 Å². The molecular formula is C19H25N5O2. The van der Waals surface area contributed by atoms with Crippen molar-refractivity contribution in [2.45, 2.75) is 57.7 Å². The van der Waals surface area contributed by atoms with E-state index < -0.39 is 0 Å². The molecule has 7 nitrogen and oxygen atoms in total. The van der Waals surface area contributed by atoms with Gasteiger partial charge in [-0.05, 0) is 50.6 Å². The molecule has 2 aromatic rings. The second-order valence-electron chi connectivity index (χ2n) is 7.47. The van der Waals surface area contributed by atoms with Crippen LogP contribution in [0.25, 0.3) is 0 Å². The Labute approximate surface area is 152 Å². The van der Waals surface area contributed by atoms with Crippen LogP contribution in [0.4, 0.5) is 0 Å². The van der Waals surface area contributed by atoms with Crippen LogP contribution in [0.1, 0.15) is 42.5 Å².